The summed E-state index contributed by atoms with van der Waals surface area (Å²) < 4.78 is 0. The number of carboxylic acid groups (broad SMARTS) is 1. The average Bonchev–Trinajstić information content (AvgIpc) is 2.35. The molecule has 0 heterocycles. The Balaban J connectivity index is 3.01. The van der Waals surface area contributed by atoms with Crippen LogP contribution in [0.1, 0.15) is 37.0 Å². The Morgan fingerprint density at radius 1 is 1.42 bits per heavy atom. The minimum atomic E-state index is -0.836. The van der Waals surface area contributed by atoms with Gasteiger partial charge in [-0.05, 0) is 31.7 Å². The van der Waals surface area contributed by atoms with Crippen molar-refractivity contribution in [1.29, 1.82) is 0 Å². The molecule has 1 rings (SSSR count). The molecule has 1 unspecified atom stereocenters. The van der Waals surface area contributed by atoms with E-state index in [1.165, 1.54) is 0 Å². The molecule has 0 aliphatic rings. The third-order valence-corrected chi connectivity index (χ3v) is 3.46. The quantitative estimate of drug-likeness (QED) is 0.633. The van der Waals surface area contributed by atoms with E-state index >= 15 is 0 Å². The lowest BCUT2D eigenvalue weighted by Gasteiger charge is -2.11. The number of aryl methyl sites for hydroxylation is 2. The van der Waals surface area contributed by atoms with Gasteiger partial charge in [0, 0.05) is 11.1 Å². The summed E-state index contributed by atoms with van der Waals surface area (Å²) >= 11 is 0. The van der Waals surface area contributed by atoms with Crippen molar-refractivity contribution in [1.82, 2.24) is 0 Å². The molecule has 0 aliphatic carbocycles. The number of hydrogen-bond donors (Lipinski definition) is 1. The summed E-state index contributed by atoms with van der Waals surface area (Å²) in [6.07, 6.45) is 1.64. The Labute approximate surface area is 112 Å². The van der Waals surface area contributed by atoms with Gasteiger partial charge in [0.1, 0.15) is 0 Å². The van der Waals surface area contributed by atoms with Crippen LogP contribution in [0.4, 0.5) is 5.69 Å². The van der Waals surface area contributed by atoms with Crippen LogP contribution in [0.3, 0.4) is 0 Å². The van der Waals surface area contributed by atoms with Crippen molar-refractivity contribution in [3.63, 3.8) is 0 Å². The molecule has 0 fully saturated rings. The Hall–Kier alpha value is -1.91. The molecule has 0 aliphatic heterocycles. The maximum absolute atomic E-state index is 11.1. The monoisotopic (exact) mass is 265 g/mol. The minimum Gasteiger partial charge on any atom is -0.481 e. The Morgan fingerprint density at radius 2 is 2.00 bits per heavy atom. The molecule has 0 radical (unpaired) electrons. The number of nitro benzene ring substituents is 1. The van der Waals surface area contributed by atoms with Crippen LogP contribution in [0.5, 0.6) is 0 Å². The molecule has 0 amide bonds. The highest BCUT2D eigenvalue weighted by Crippen LogP contribution is 2.28. The van der Waals surface area contributed by atoms with Crippen molar-refractivity contribution in [2.24, 2.45) is 5.92 Å². The van der Waals surface area contributed by atoms with Crippen LogP contribution in [0.15, 0.2) is 12.1 Å². The molecule has 1 atom stereocenters. The number of benzene rings is 1. The summed E-state index contributed by atoms with van der Waals surface area (Å²) in [5, 5.41) is 20.0. The zero-order valence-electron chi connectivity index (χ0n) is 11.5. The summed E-state index contributed by atoms with van der Waals surface area (Å²) in [6, 6.07) is 3.64. The van der Waals surface area contributed by atoms with Crippen LogP contribution in [0.2, 0.25) is 0 Å². The van der Waals surface area contributed by atoms with Gasteiger partial charge in [0.2, 0.25) is 0 Å². The fourth-order valence-corrected chi connectivity index (χ4v) is 2.10. The lowest BCUT2D eigenvalue weighted by molar-refractivity contribution is -0.386. The second-order valence-corrected chi connectivity index (χ2v) is 4.75. The van der Waals surface area contributed by atoms with Gasteiger partial charge in [0.25, 0.3) is 5.69 Å². The highest BCUT2D eigenvalue weighted by atomic mass is 16.6. The van der Waals surface area contributed by atoms with E-state index < -0.39 is 11.9 Å². The summed E-state index contributed by atoms with van der Waals surface area (Å²) in [5.74, 6) is -1.28. The molecule has 0 saturated heterocycles. The van der Waals surface area contributed by atoms with Crippen LogP contribution in [-0.2, 0) is 17.6 Å². The minimum absolute atomic E-state index is 0.169. The fourth-order valence-electron chi connectivity index (χ4n) is 2.10. The SMILES string of the molecule is CCc1ccc(CCC(C)C(=O)O)c(C)c1[N+](=O)[O-]. The van der Waals surface area contributed by atoms with E-state index in [-0.39, 0.29) is 10.6 Å². The van der Waals surface area contributed by atoms with Gasteiger partial charge in [-0.1, -0.05) is 26.0 Å². The van der Waals surface area contributed by atoms with Crippen molar-refractivity contribution in [2.75, 3.05) is 0 Å². The first-order valence-electron chi connectivity index (χ1n) is 6.37. The molecule has 1 aromatic carbocycles. The van der Waals surface area contributed by atoms with E-state index in [4.69, 9.17) is 5.11 Å². The Morgan fingerprint density at radius 3 is 2.47 bits per heavy atom. The molecule has 0 aromatic heterocycles. The van der Waals surface area contributed by atoms with Gasteiger partial charge in [0.15, 0.2) is 0 Å². The van der Waals surface area contributed by atoms with Gasteiger partial charge in [-0.3, -0.25) is 14.9 Å². The van der Waals surface area contributed by atoms with Gasteiger partial charge < -0.3 is 5.11 Å². The second-order valence-electron chi connectivity index (χ2n) is 4.75. The lowest BCUT2D eigenvalue weighted by Crippen LogP contribution is -2.11. The van der Waals surface area contributed by atoms with Gasteiger partial charge >= 0.3 is 5.97 Å². The fraction of sp³-hybridized carbons (Fsp3) is 0.500. The molecule has 19 heavy (non-hydrogen) atoms. The summed E-state index contributed by atoms with van der Waals surface area (Å²) in [4.78, 5) is 21.5. The Kier molecular flexibility index (Phi) is 5.03. The van der Waals surface area contributed by atoms with Gasteiger partial charge in [-0.15, -0.1) is 0 Å². The molecule has 104 valence electrons. The number of nitrogens with zero attached hydrogens (tertiary/aromatic N) is 1. The number of nitro groups is 1. The van der Waals surface area contributed by atoms with E-state index in [2.05, 4.69) is 0 Å². The third kappa shape index (κ3) is 3.53. The van der Waals surface area contributed by atoms with Gasteiger partial charge in [-0.2, -0.15) is 0 Å². The van der Waals surface area contributed by atoms with Crippen molar-refractivity contribution in [2.45, 2.75) is 40.0 Å². The predicted molar refractivity (Wildman–Crippen MR) is 72.3 cm³/mol. The largest absolute Gasteiger partial charge is 0.481 e. The normalized spacial score (nSPS) is 12.2. The molecule has 1 N–H and O–H groups in total. The molecule has 5 heteroatoms. The van der Waals surface area contributed by atoms with E-state index in [0.29, 0.717) is 24.8 Å². The average molecular weight is 265 g/mol. The van der Waals surface area contributed by atoms with Crippen LogP contribution in [0, 0.1) is 23.0 Å². The second kappa shape index (κ2) is 6.31. The van der Waals surface area contributed by atoms with E-state index in [0.717, 1.165) is 11.1 Å². The van der Waals surface area contributed by atoms with Gasteiger partial charge in [-0.25, -0.2) is 0 Å². The highest BCUT2D eigenvalue weighted by Gasteiger charge is 2.19. The maximum Gasteiger partial charge on any atom is 0.306 e. The number of hydrogen-bond acceptors (Lipinski definition) is 3. The molecular formula is C14H19NO4. The molecule has 0 spiro atoms. The van der Waals surface area contributed by atoms with Crippen LogP contribution < -0.4 is 0 Å². The van der Waals surface area contributed by atoms with Crippen molar-refractivity contribution in [3.05, 3.63) is 38.9 Å². The van der Waals surface area contributed by atoms with Crippen LogP contribution >= 0.6 is 0 Å². The topological polar surface area (TPSA) is 80.4 Å². The summed E-state index contributed by atoms with van der Waals surface area (Å²) in [5.41, 5.74) is 2.40. The molecule has 0 bridgehead atoms. The van der Waals surface area contributed by atoms with E-state index in [9.17, 15) is 14.9 Å². The standard InChI is InChI=1S/C14H19NO4/c1-4-11-7-8-12(6-5-9(2)14(16)17)10(3)13(11)15(18)19/h7-9H,4-6H2,1-3H3,(H,16,17). The maximum atomic E-state index is 11.1. The number of carboxylic acids is 1. The molecule has 0 saturated carbocycles. The molecular weight excluding hydrogens is 246 g/mol. The molecule has 1 aromatic rings. The first-order chi connectivity index (χ1) is 8.88. The van der Waals surface area contributed by atoms with Crippen LogP contribution in [0.25, 0.3) is 0 Å². The lowest BCUT2D eigenvalue weighted by atomic mass is 9.94. The first-order valence-corrected chi connectivity index (χ1v) is 6.37. The van der Waals surface area contributed by atoms with Crippen molar-refractivity contribution < 1.29 is 14.8 Å². The molecule has 5 nitrogen and oxygen atoms in total. The number of aliphatic carboxylic acids is 1. The number of rotatable bonds is 6. The highest BCUT2D eigenvalue weighted by molar-refractivity contribution is 5.69. The summed E-state index contributed by atoms with van der Waals surface area (Å²) in [6.45, 7) is 5.26. The van der Waals surface area contributed by atoms with Crippen molar-refractivity contribution in [3.8, 4) is 0 Å². The number of carbonyl (C=O) groups is 1. The van der Waals surface area contributed by atoms with E-state index in [1.54, 1.807) is 19.9 Å². The van der Waals surface area contributed by atoms with Crippen molar-refractivity contribution >= 4 is 11.7 Å². The van der Waals surface area contributed by atoms with Gasteiger partial charge in [0.05, 0.1) is 10.8 Å². The zero-order valence-corrected chi connectivity index (χ0v) is 11.5. The van der Waals surface area contributed by atoms with Crippen LogP contribution in [-0.4, -0.2) is 16.0 Å². The summed E-state index contributed by atoms with van der Waals surface area (Å²) in [7, 11) is 0. The smallest absolute Gasteiger partial charge is 0.306 e. The predicted octanol–water partition coefficient (Wildman–Crippen LogP) is 3.12. The zero-order chi connectivity index (χ0) is 14.6. The third-order valence-electron chi connectivity index (χ3n) is 3.46. The Bertz CT molecular complexity index is 496. The van der Waals surface area contributed by atoms with E-state index in [1.807, 2.05) is 13.0 Å². The first kappa shape index (κ1) is 15.1.